The molecule has 1 aliphatic rings. The molecule has 2 aromatic rings. The second kappa shape index (κ2) is 6.09. The number of aryl methyl sites for hydroxylation is 2. The number of amides is 3. The predicted molar refractivity (Wildman–Crippen MR) is 91.4 cm³/mol. The summed E-state index contributed by atoms with van der Waals surface area (Å²) in [4.78, 5) is 37.9. The van der Waals surface area contributed by atoms with Crippen LogP contribution in [0.1, 0.15) is 31.8 Å². The van der Waals surface area contributed by atoms with E-state index in [1.807, 2.05) is 13.8 Å². The van der Waals surface area contributed by atoms with Gasteiger partial charge in [-0.25, -0.2) is 0 Å². The summed E-state index contributed by atoms with van der Waals surface area (Å²) in [5.74, 6) is -1.33. The van der Waals surface area contributed by atoms with Crippen LogP contribution in [0.15, 0.2) is 36.4 Å². The molecule has 3 rings (SSSR count). The van der Waals surface area contributed by atoms with Crippen LogP contribution >= 0.6 is 11.6 Å². The zero-order chi connectivity index (χ0) is 17.4. The van der Waals surface area contributed by atoms with Crippen LogP contribution in [0.5, 0.6) is 0 Å². The molecule has 0 aliphatic carbocycles. The van der Waals surface area contributed by atoms with Gasteiger partial charge < -0.3 is 5.32 Å². The molecule has 0 spiro atoms. The Bertz CT molecular complexity index is 877. The van der Waals surface area contributed by atoms with Crippen LogP contribution in [-0.2, 0) is 4.79 Å². The zero-order valence-corrected chi connectivity index (χ0v) is 14.0. The molecule has 1 aliphatic heterocycles. The number of hydrogen-bond acceptors (Lipinski definition) is 3. The minimum absolute atomic E-state index is 0.326. The molecule has 0 atom stereocenters. The number of imide groups is 1. The van der Waals surface area contributed by atoms with Gasteiger partial charge in [-0.1, -0.05) is 23.2 Å². The first-order chi connectivity index (χ1) is 11.4. The van der Waals surface area contributed by atoms with Gasteiger partial charge in [0, 0.05) is 10.7 Å². The van der Waals surface area contributed by atoms with Crippen LogP contribution in [0.3, 0.4) is 0 Å². The monoisotopic (exact) mass is 342 g/mol. The summed E-state index contributed by atoms with van der Waals surface area (Å²) in [6.07, 6.45) is 0. The van der Waals surface area contributed by atoms with E-state index in [9.17, 15) is 14.4 Å². The molecule has 1 heterocycles. The van der Waals surface area contributed by atoms with Crippen LogP contribution in [0.25, 0.3) is 0 Å². The number of carbonyl (C=O) groups is 3. The topological polar surface area (TPSA) is 66.5 Å². The summed E-state index contributed by atoms with van der Waals surface area (Å²) >= 11 is 5.88. The molecule has 0 bridgehead atoms. The first-order valence-corrected chi connectivity index (χ1v) is 7.77. The number of anilines is 1. The average Bonchev–Trinajstić information content (AvgIpc) is 2.75. The van der Waals surface area contributed by atoms with Gasteiger partial charge in [-0.3, -0.25) is 19.3 Å². The van der Waals surface area contributed by atoms with E-state index in [4.69, 9.17) is 11.6 Å². The van der Waals surface area contributed by atoms with Crippen molar-refractivity contribution in [1.29, 1.82) is 0 Å². The highest BCUT2D eigenvalue weighted by molar-refractivity contribution is 6.30. The van der Waals surface area contributed by atoms with E-state index in [-0.39, 0.29) is 6.54 Å². The van der Waals surface area contributed by atoms with E-state index >= 15 is 0 Å². The largest absolute Gasteiger partial charge is 0.324 e. The van der Waals surface area contributed by atoms with E-state index in [0.29, 0.717) is 21.8 Å². The highest BCUT2D eigenvalue weighted by atomic mass is 35.5. The summed E-state index contributed by atoms with van der Waals surface area (Å²) in [5, 5.41) is 3.27. The highest BCUT2D eigenvalue weighted by Gasteiger charge is 2.36. The molecule has 0 unspecified atom stereocenters. The fourth-order valence-corrected chi connectivity index (χ4v) is 2.88. The Labute approximate surface area is 144 Å². The fraction of sp³-hybridized carbons (Fsp3) is 0.167. The third kappa shape index (κ3) is 2.90. The van der Waals surface area contributed by atoms with Crippen LogP contribution in [-0.4, -0.2) is 29.2 Å². The third-order valence-electron chi connectivity index (χ3n) is 3.89. The van der Waals surface area contributed by atoms with Crippen molar-refractivity contribution in [3.8, 4) is 0 Å². The number of nitrogens with one attached hydrogen (secondary N) is 1. The minimum atomic E-state index is -0.446. The van der Waals surface area contributed by atoms with Crippen molar-refractivity contribution < 1.29 is 14.4 Å². The molecule has 1 N–H and O–H groups in total. The van der Waals surface area contributed by atoms with Crippen LogP contribution in [0.4, 0.5) is 5.69 Å². The van der Waals surface area contributed by atoms with Crippen LogP contribution in [0, 0.1) is 13.8 Å². The number of halogens is 1. The molecular formula is C18H15ClN2O3. The maximum absolute atomic E-state index is 12.4. The molecule has 0 saturated heterocycles. The van der Waals surface area contributed by atoms with Gasteiger partial charge in [-0.15, -0.1) is 0 Å². The Kier molecular flexibility index (Phi) is 4.11. The standard InChI is InChI=1S/C18H15ClN2O3/c1-10-3-5-13-14(7-10)18(24)21(17(13)23)9-16(22)20-15-6-4-12(19)8-11(15)2/h3-8H,9H2,1-2H3,(H,20,22). The Morgan fingerprint density at radius 3 is 2.46 bits per heavy atom. The Morgan fingerprint density at radius 1 is 1.04 bits per heavy atom. The lowest BCUT2D eigenvalue weighted by Crippen LogP contribution is -2.37. The number of fused-ring (bicyclic) bond motifs is 1. The van der Waals surface area contributed by atoms with Gasteiger partial charge in [0.05, 0.1) is 11.1 Å². The maximum atomic E-state index is 12.4. The van der Waals surface area contributed by atoms with Gasteiger partial charge in [0.25, 0.3) is 11.8 Å². The quantitative estimate of drug-likeness (QED) is 0.871. The van der Waals surface area contributed by atoms with E-state index in [2.05, 4.69) is 5.32 Å². The van der Waals surface area contributed by atoms with Crippen LogP contribution < -0.4 is 5.32 Å². The first-order valence-electron chi connectivity index (χ1n) is 7.39. The second-order valence-corrected chi connectivity index (χ2v) is 6.19. The van der Waals surface area contributed by atoms with E-state index in [0.717, 1.165) is 16.0 Å². The minimum Gasteiger partial charge on any atom is -0.324 e. The SMILES string of the molecule is Cc1ccc2c(c1)C(=O)N(CC(=O)Nc1ccc(Cl)cc1C)C2=O. The molecular weight excluding hydrogens is 328 g/mol. The van der Waals surface area contributed by atoms with Crippen molar-refractivity contribution in [2.75, 3.05) is 11.9 Å². The van der Waals surface area contributed by atoms with Crippen molar-refractivity contribution >= 4 is 35.0 Å². The molecule has 3 amide bonds. The lowest BCUT2D eigenvalue weighted by atomic mass is 10.1. The summed E-state index contributed by atoms with van der Waals surface area (Å²) < 4.78 is 0. The average molecular weight is 343 g/mol. The zero-order valence-electron chi connectivity index (χ0n) is 13.2. The molecule has 5 nitrogen and oxygen atoms in total. The van der Waals surface area contributed by atoms with Gasteiger partial charge in [0.15, 0.2) is 0 Å². The van der Waals surface area contributed by atoms with Crippen molar-refractivity contribution in [3.63, 3.8) is 0 Å². The molecule has 0 saturated carbocycles. The fourth-order valence-electron chi connectivity index (χ4n) is 2.65. The number of hydrogen-bond donors (Lipinski definition) is 1. The van der Waals surface area contributed by atoms with Gasteiger partial charge in [-0.2, -0.15) is 0 Å². The second-order valence-electron chi connectivity index (χ2n) is 5.75. The van der Waals surface area contributed by atoms with E-state index in [1.54, 1.807) is 36.4 Å². The summed E-state index contributed by atoms with van der Waals surface area (Å²) in [5.41, 5.74) is 2.96. The van der Waals surface area contributed by atoms with Crippen molar-refractivity contribution in [2.45, 2.75) is 13.8 Å². The molecule has 122 valence electrons. The van der Waals surface area contributed by atoms with E-state index in [1.165, 1.54) is 0 Å². The predicted octanol–water partition coefficient (Wildman–Crippen LogP) is 3.19. The molecule has 0 fully saturated rings. The number of nitrogens with zero attached hydrogens (tertiary/aromatic N) is 1. The number of rotatable bonds is 3. The van der Waals surface area contributed by atoms with Crippen LogP contribution in [0.2, 0.25) is 5.02 Å². The number of benzene rings is 2. The van der Waals surface area contributed by atoms with Gasteiger partial charge >= 0.3 is 0 Å². The lowest BCUT2D eigenvalue weighted by Gasteiger charge is -2.14. The first kappa shape index (κ1) is 16.2. The molecule has 0 radical (unpaired) electrons. The Balaban J connectivity index is 1.76. The third-order valence-corrected chi connectivity index (χ3v) is 4.13. The van der Waals surface area contributed by atoms with Gasteiger partial charge in [0.2, 0.25) is 5.91 Å². The van der Waals surface area contributed by atoms with E-state index < -0.39 is 17.7 Å². The summed E-state index contributed by atoms with van der Waals surface area (Å²) in [6.45, 7) is 3.33. The maximum Gasteiger partial charge on any atom is 0.262 e. The van der Waals surface area contributed by atoms with Crippen molar-refractivity contribution in [3.05, 3.63) is 63.7 Å². The van der Waals surface area contributed by atoms with Crippen molar-refractivity contribution in [1.82, 2.24) is 4.90 Å². The Morgan fingerprint density at radius 2 is 1.75 bits per heavy atom. The molecule has 6 heteroatoms. The lowest BCUT2D eigenvalue weighted by molar-refractivity contribution is -0.116. The highest BCUT2D eigenvalue weighted by Crippen LogP contribution is 2.24. The molecule has 2 aromatic carbocycles. The number of carbonyl (C=O) groups excluding carboxylic acids is 3. The molecule has 0 aromatic heterocycles. The summed E-state index contributed by atoms with van der Waals surface area (Å²) in [7, 11) is 0. The smallest absolute Gasteiger partial charge is 0.262 e. The van der Waals surface area contributed by atoms with Crippen molar-refractivity contribution in [2.24, 2.45) is 0 Å². The van der Waals surface area contributed by atoms with Gasteiger partial charge in [0.1, 0.15) is 6.54 Å². The summed E-state index contributed by atoms with van der Waals surface area (Å²) in [6, 6.07) is 10.1. The normalized spacial score (nSPS) is 13.2. The Hall–Kier alpha value is -2.66. The molecule has 24 heavy (non-hydrogen) atoms. The van der Waals surface area contributed by atoms with Gasteiger partial charge in [-0.05, 0) is 49.7 Å².